The van der Waals surface area contributed by atoms with Gasteiger partial charge < -0.3 is 0 Å². The van der Waals surface area contributed by atoms with Crippen LogP contribution >= 0.6 is 7.51 Å². The molecule has 2 aliphatic heterocycles. The van der Waals surface area contributed by atoms with E-state index >= 15 is 0 Å². The molecule has 0 amide bonds. The van der Waals surface area contributed by atoms with Crippen LogP contribution in [0.2, 0.25) is 0 Å². The fourth-order valence-corrected chi connectivity index (χ4v) is 7.85. The van der Waals surface area contributed by atoms with Gasteiger partial charge in [0.1, 0.15) is 0 Å². The quantitative estimate of drug-likeness (QED) is 0.710. The molecule has 2 heterocycles. The maximum atomic E-state index is 12.5. The van der Waals surface area contributed by atoms with Crippen molar-refractivity contribution in [2.24, 2.45) is 0 Å². The number of Topliss-reactive ketones (excluding diaryl/α,β-unsaturated/α-hetero) is 1. The predicted octanol–water partition coefficient (Wildman–Crippen LogP) is 4.96. The van der Waals surface area contributed by atoms with Crippen LogP contribution in [0.25, 0.3) is 0 Å². The van der Waals surface area contributed by atoms with Crippen molar-refractivity contribution >= 4 is 13.3 Å². The molecular formula is C20H21O5P. The van der Waals surface area contributed by atoms with Crippen LogP contribution in [0.3, 0.4) is 0 Å². The molecule has 136 valence electrons. The Balaban J connectivity index is 1.92. The van der Waals surface area contributed by atoms with Crippen LogP contribution in [0, 0.1) is 0 Å². The van der Waals surface area contributed by atoms with Gasteiger partial charge in [-0.25, -0.2) is 0 Å². The molecule has 26 heavy (non-hydrogen) atoms. The van der Waals surface area contributed by atoms with E-state index in [4.69, 9.17) is 18.1 Å². The van der Waals surface area contributed by atoms with E-state index in [1.807, 2.05) is 60.7 Å². The topological polar surface area (TPSA) is 54.0 Å². The predicted molar refractivity (Wildman–Crippen MR) is 99.5 cm³/mol. The minimum atomic E-state index is -4.12. The summed E-state index contributed by atoms with van der Waals surface area (Å²) in [5, 5.41) is 0. The number of ketones is 1. The van der Waals surface area contributed by atoms with E-state index < -0.39 is 13.2 Å². The van der Waals surface area contributed by atoms with Gasteiger partial charge >= 0.3 is 152 Å². The van der Waals surface area contributed by atoms with Gasteiger partial charge in [0.2, 0.25) is 0 Å². The van der Waals surface area contributed by atoms with Gasteiger partial charge in [-0.1, -0.05) is 0 Å². The third-order valence-corrected chi connectivity index (χ3v) is 8.45. The van der Waals surface area contributed by atoms with Crippen LogP contribution in [0.4, 0.5) is 0 Å². The van der Waals surface area contributed by atoms with Gasteiger partial charge in [-0.15, -0.1) is 0 Å². The monoisotopic (exact) mass is 372 g/mol. The zero-order valence-electron chi connectivity index (χ0n) is 14.8. The van der Waals surface area contributed by atoms with E-state index in [0.717, 1.165) is 5.56 Å². The first-order chi connectivity index (χ1) is 12.5. The van der Waals surface area contributed by atoms with Gasteiger partial charge in [0.25, 0.3) is 0 Å². The van der Waals surface area contributed by atoms with Gasteiger partial charge in [-0.3, -0.25) is 0 Å². The number of allylic oxidation sites excluding steroid dienone is 2. The van der Waals surface area contributed by atoms with Crippen molar-refractivity contribution in [1.82, 2.24) is 0 Å². The zero-order valence-corrected chi connectivity index (χ0v) is 15.6. The number of carbonyl (C=O) groups is 1. The number of carbonyl (C=O) groups excluding carboxylic acids is 1. The summed E-state index contributed by atoms with van der Waals surface area (Å²) in [6, 6.07) is 19.0. The van der Waals surface area contributed by atoms with Gasteiger partial charge in [-0.2, -0.15) is 0 Å². The number of para-hydroxylation sites is 1. The van der Waals surface area contributed by atoms with Crippen LogP contribution in [0.5, 0.6) is 5.75 Å². The summed E-state index contributed by atoms with van der Waals surface area (Å²) in [7, 11) is -4.12. The first-order valence-corrected chi connectivity index (χ1v) is 10.6. The average Bonchev–Trinajstić information content (AvgIpc) is 3.16. The fraction of sp³-hybridized carbons (Fsp3) is 0.250. The molecule has 1 saturated heterocycles. The Kier molecular flexibility index (Phi) is 4.11. The second-order valence-electron chi connectivity index (χ2n) is 6.37. The van der Waals surface area contributed by atoms with E-state index in [1.165, 1.54) is 6.92 Å². The van der Waals surface area contributed by atoms with E-state index in [9.17, 15) is 4.79 Å². The molecule has 6 heteroatoms. The Morgan fingerprint density at radius 3 is 2.15 bits per heavy atom. The van der Waals surface area contributed by atoms with Gasteiger partial charge in [0.05, 0.1) is 0 Å². The van der Waals surface area contributed by atoms with Crippen LogP contribution in [-0.2, 0) is 18.4 Å². The SMILES string of the molecule is CC(=O)C1=C(C)OP2(Oc3ccccc3)(OCCO2)[C@@H]1c1ccccc1. The minimum absolute atomic E-state index is 0.0754. The Hall–Kier alpha value is -2.20. The van der Waals surface area contributed by atoms with E-state index in [1.54, 1.807) is 6.92 Å². The summed E-state index contributed by atoms with van der Waals surface area (Å²) >= 11 is 0. The van der Waals surface area contributed by atoms with Crippen molar-refractivity contribution in [3.8, 4) is 5.75 Å². The van der Waals surface area contributed by atoms with Gasteiger partial charge in [-0.05, 0) is 0 Å². The number of rotatable bonds is 4. The molecule has 2 aromatic rings. The Labute approximate surface area is 152 Å². The fourth-order valence-electron chi connectivity index (χ4n) is 3.68. The molecule has 0 aliphatic carbocycles. The molecule has 5 nitrogen and oxygen atoms in total. The molecule has 2 aliphatic rings. The molecule has 0 aromatic heterocycles. The van der Waals surface area contributed by atoms with Crippen LogP contribution in [-0.4, -0.2) is 19.0 Å². The second kappa shape index (κ2) is 6.20. The second-order valence-corrected chi connectivity index (χ2v) is 9.51. The number of benzene rings is 2. The Bertz CT molecular complexity index is 856. The number of hydrogen-bond acceptors (Lipinski definition) is 5. The summed E-state index contributed by atoms with van der Waals surface area (Å²) in [4.78, 5) is 12.5. The van der Waals surface area contributed by atoms with Crippen molar-refractivity contribution in [2.45, 2.75) is 19.5 Å². The van der Waals surface area contributed by atoms with E-state index in [0.29, 0.717) is 30.3 Å². The number of hydrogen-bond donors (Lipinski definition) is 0. The molecule has 0 N–H and O–H groups in total. The summed E-state index contributed by atoms with van der Waals surface area (Å²) in [6.45, 7) is 4.02. The molecule has 1 atom stereocenters. The van der Waals surface area contributed by atoms with Crippen molar-refractivity contribution < 1.29 is 22.9 Å². The molecule has 0 unspecified atom stereocenters. The van der Waals surface area contributed by atoms with Gasteiger partial charge in [0.15, 0.2) is 0 Å². The summed E-state index contributed by atoms with van der Waals surface area (Å²) in [6.07, 6.45) is 0. The first-order valence-electron chi connectivity index (χ1n) is 8.58. The first kappa shape index (κ1) is 17.2. The average molecular weight is 372 g/mol. The zero-order chi connectivity index (χ0) is 18.2. The van der Waals surface area contributed by atoms with E-state index in [-0.39, 0.29) is 5.78 Å². The molecule has 0 bridgehead atoms. The van der Waals surface area contributed by atoms with Crippen molar-refractivity contribution in [3.05, 3.63) is 77.6 Å². The molecule has 1 fully saturated rings. The Morgan fingerprint density at radius 1 is 1.00 bits per heavy atom. The molecule has 0 radical (unpaired) electrons. The normalized spacial score (nSPS) is 24.7. The van der Waals surface area contributed by atoms with Gasteiger partial charge in [0, 0.05) is 0 Å². The molecular weight excluding hydrogens is 351 g/mol. The standard InChI is InChI=1S/C20H21O5P/c1-15(21)19-16(2)24-26(22-13-14-23-26,25-18-11-7-4-8-12-18)20(19)17-9-5-3-6-10-17/h3-12,20H,13-14H2,1-2H3/t20-/m1/s1. The van der Waals surface area contributed by atoms with Crippen molar-refractivity contribution in [3.63, 3.8) is 0 Å². The summed E-state index contributed by atoms with van der Waals surface area (Å²) in [5.74, 6) is 1.01. The van der Waals surface area contributed by atoms with Crippen LogP contribution in [0.1, 0.15) is 25.1 Å². The third kappa shape index (κ3) is 2.55. The van der Waals surface area contributed by atoms with E-state index in [2.05, 4.69) is 0 Å². The molecule has 4 rings (SSSR count). The third-order valence-electron chi connectivity index (χ3n) is 4.61. The van der Waals surface area contributed by atoms with Crippen molar-refractivity contribution in [2.75, 3.05) is 13.2 Å². The van der Waals surface area contributed by atoms with Crippen molar-refractivity contribution in [1.29, 1.82) is 0 Å². The summed E-state index contributed by atoms with van der Waals surface area (Å²) < 4.78 is 25.0. The molecule has 0 saturated carbocycles. The molecule has 1 spiro atoms. The van der Waals surface area contributed by atoms with Crippen LogP contribution < -0.4 is 4.52 Å². The summed E-state index contributed by atoms with van der Waals surface area (Å²) in [5.41, 5.74) is 0.888. The maximum absolute atomic E-state index is 12.5. The molecule has 2 aromatic carbocycles. The Morgan fingerprint density at radius 2 is 1.58 bits per heavy atom. The van der Waals surface area contributed by atoms with Crippen LogP contribution in [0.15, 0.2) is 72.0 Å².